The number of para-hydroxylation sites is 1. The van der Waals surface area contributed by atoms with Gasteiger partial charge in [0.2, 0.25) is 11.8 Å². The third kappa shape index (κ3) is 4.81. The third-order valence-electron chi connectivity index (χ3n) is 4.34. The summed E-state index contributed by atoms with van der Waals surface area (Å²) < 4.78 is 23.7. The van der Waals surface area contributed by atoms with Gasteiger partial charge in [0.15, 0.2) is 9.84 Å². The van der Waals surface area contributed by atoms with Crippen LogP contribution in [0.4, 0.5) is 5.69 Å². The minimum absolute atomic E-state index is 0.0915. The second-order valence-corrected chi connectivity index (χ2v) is 9.56. The lowest BCUT2D eigenvalue weighted by Gasteiger charge is -2.35. The first kappa shape index (κ1) is 19.4. The second kappa shape index (κ2) is 7.15. The Labute approximate surface area is 149 Å². The number of nitrogens with one attached hydrogen (secondary N) is 1. The zero-order valence-electron chi connectivity index (χ0n) is 15.2. The highest BCUT2D eigenvalue weighted by Crippen LogP contribution is 2.26. The fraction of sp³-hybridized carbons (Fsp3) is 0.556. The third-order valence-corrected chi connectivity index (χ3v) is 5.49. The maximum Gasteiger partial charge on any atom is 0.227 e. The molecular formula is C18H26N2O4S. The Morgan fingerprint density at radius 2 is 1.68 bits per heavy atom. The molecule has 138 valence electrons. The fourth-order valence-corrected chi connectivity index (χ4v) is 3.79. The predicted molar refractivity (Wildman–Crippen MR) is 96.9 cm³/mol. The number of nitrogens with zero attached hydrogens (tertiary/aromatic N) is 1. The first-order valence-electron chi connectivity index (χ1n) is 8.39. The van der Waals surface area contributed by atoms with Gasteiger partial charge < -0.3 is 10.2 Å². The number of likely N-dealkylation sites (tertiary alicyclic amines) is 1. The molecule has 0 bridgehead atoms. The summed E-state index contributed by atoms with van der Waals surface area (Å²) in [6, 6.07) is 6.39. The molecule has 0 aliphatic carbocycles. The Hall–Kier alpha value is -1.89. The molecule has 0 radical (unpaired) electrons. The minimum Gasteiger partial charge on any atom is -0.342 e. The number of rotatable bonds is 3. The van der Waals surface area contributed by atoms with Crippen molar-refractivity contribution in [1.29, 1.82) is 0 Å². The van der Waals surface area contributed by atoms with Crippen LogP contribution in [0.1, 0.15) is 33.6 Å². The monoisotopic (exact) mass is 366 g/mol. The van der Waals surface area contributed by atoms with E-state index in [1.807, 2.05) is 20.8 Å². The zero-order chi connectivity index (χ0) is 18.8. The van der Waals surface area contributed by atoms with Gasteiger partial charge in [-0.15, -0.1) is 0 Å². The number of sulfone groups is 1. The molecule has 7 heteroatoms. The fourth-order valence-electron chi connectivity index (χ4n) is 2.95. The van der Waals surface area contributed by atoms with Crippen molar-refractivity contribution in [3.8, 4) is 0 Å². The summed E-state index contributed by atoms with van der Waals surface area (Å²) in [4.78, 5) is 26.7. The van der Waals surface area contributed by atoms with Crippen LogP contribution in [-0.2, 0) is 19.4 Å². The van der Waals surface area contributed by atoms with Gasteiger partial charge in [0, 0.05) is 30.7 Å². The molecule has 6 nitrogen and oxygen atoms in total. The maximum atomic E-state index is 12.5. The number of carbonyl (C=O) groups is 2. The van der Waals surface area contributed by atoms with E-state index in [2.05, 4.69) is 5.32 Å². The summed E-state index contributed by atoms with van der Waals surface area (Å²) in [5, 5.41) is 2.74. The Kier molecular flexibility index (Phi) is 5.56. The average molecular weight is 366 g/mol. The second-order valence-electron chi connectivity index (χ2n) is 7.57. The minimum atomic E-state index is -3.41. The lowest BCUT2D eigenvalue weighted by Crippen LogP contribution is -2.45. The van der Waals surface area contributed by atoms with E-state index in [0.29, 0.717) is 31.6 Å². The molecule has 0 aromatic heterocycles. The predicted octanol–water partition coefficient (Wildman–Crippen LogP) is 2.31. The Morgan fingerprint density at radius 3 is 2.20 bits per heavy atom. The Bertz CT molecular complexity index is 758. The van der Waals surface area contributed by atoms with Crippen LogP contribution >= 0.6 is 0 Å². The van der Waals surface area contributed by atoms with Crippen molar-refractivity contribution in [2.75, 3.05) is 24.7 Å². The molecule has 0 unspecified atom stereocenters. The quantitative estimate of drug-likeness (QED) is 0.890. The smallest absolute Gasteiger partial charge is 0.227 e. The summed E-state index contributed by atoms with van der Waals surface area (Å²) in [5.74, 6) is -0.329. The number of piperidine rings is 1. The summed E-state index contributed by atoms with van der Waals surface area (Å²) in [6.45, 7) is 6.74. The van der Waals surface area contributed by atoms with Gasteiger partial charge >= 0.3 is 0 Å². The lowest BCUT2D eigenvalue weighted by molar-refractivity contribution is -0.142. The first-order chi connectivity index (χ1) is 11.5. The van der Waals surface area contributed by atoms with Crippen molar-refractivity contribution in [3.05, 3.63) is 24.3 Å². The number of hydrogen-bond acceptors (Lipinski definition) is 4. The van der Waals surface area contributed by atoms with Crippen LogP contribution in [0.2, 0.25) is 0 Å². The van der Waals surface area contributed by atoms with Gasteiger partial charge in [0.1, 0.15) is 0 Å². The van der Waals surface area contributed by atoms with E-state index in [-0.39, 0.29) is 22.6 Å². The summed E-state index contributed by atoms with van der Waals surface area (Å²) in [7, 11) is -3.41. The lowest BCUT2D eigenvalue weighted by atomic mass is 9.90. The largest absolute Gasteiger partial charge is 0.342 e. The highest BCUT2D eigenvalue weighted by molar-refractivity contribution is 7.90. The molecule has 25 heavy (non-hydrogen) atoms. The molecule has 2 amide bonds. The van der Waals surface area contributed by atoms with Gasteiger partial charge in [-0.25, -0.2) is 8.42 Å². The van der Waals surface area contributed by atoms with E-state index >= 15 is 0 Å². The van der Waals surface area contributed by atoms with Crippen LogP contribution in [0.3, 0.4) is 0 Å². The Morgan fingerprint density at radius 1 is 1.12 bits per heavy atom. The molecule has 1 aromatic rings. The molecule has 2 rings (SSSR count). The maximum absolute atomic E-state index is 12.5. The summed E-state index contributed by atoms with van der Waals surface area (Å²) >= 11 is 0. The van der Waals surface area contributed by atoms with E-state index in [4.69, 9.17) is 0 Å². The average Bonchev–Trinajstić information content (AvgIpc) is 2.53. The van der Waals surface area contributed by atoms with Crippen LogP contribution in [0.25, 0.3) is 0 Å². The highest BCUT2D eigenvalue weighted by Gasteiger charge is 2.32. The molecule has 0 saturated carbocycles. The zero-order valence-corrected chi connectivity index (χ0v) is 16.0. The van der Waals surface area contributed by atoms with Crippen LogP contribution < -0.4 is 5.32 Å². The van der Waals surface area contributed by atoms with Gasteiger partial charge in [-0.05, 0) is 25.0 Å². The number of anilines is 1. The molecule has 0 atom stereocenters. The first-order valence-corrected chi connectivity index (χ1v) is 10.3. The van der Waals surface area contributed by atoms with Gasteiger partial charge in [-0.3, -0.25) is 9.59 Å². The van der Waals surface area contributed by atoms with E-state index in [9.17, 15) is 18.0 Å². The van der Waals surface area contributed by atoms with Crippen molar-refractivity contribution in [2.24, 2.45) is 11.3 Å². The summed E-state index contributed by atoms with van der Waals surface area (Å²) in [5.41, 5.74) is -0.119. The van der Waals surface area contributed by atoms with Gasteiger partial charge in [-0.1, -0.05) is 32.9 Å². The highest BCUT2D eigenvalue weighted by atomic mass is 32.2. The standard InChI is InChI=1S/C18H26N2O4S/c1-18(2,3)17(22)20-11-9-13(10-12-20)16(21)19-14-7-5-6-8-15(14)25(4,23)24/h5-8,13H,9-12H2,1-4H3,(H,19,21). The SMILES string of the molecule is CC(C)(C)C(=O)N1CCC(C(=O)Nc2ccccc2S(C)(=O)=O)CC1. The molecule has 1 aromatic carbocycles. The van der Waals surface area contributed by atoms with E-state index < -0.39 is 15.3 Å². The number of amides is 2. The van der Waals surface area contributed by atoms with Crippen molar-refractivity contribution < 1.29 is 18.0 Å². The number of carbonyl (C=O) groups excluding carboxylic acids is 2. The van der Waals surface area contributed by atoms with Crippen molar-refractivity contribution in [1.82, 2.24) is 4.90 Å². The van der Waals surface area contributed by atoms with E-state index in [0.717, 1.165) is 6.26 Å². The van der Waals surface area contributed by atoms with Crippen molar-refractivity contribution in [3.63, 3.8) is 0 Å². The van der Waals surface area contributed by atoms with Gasteiger partial charge in [0.25, 0.3) is 0 Å². The topological polar surface area (TPSA) is 83.6 Å². The molecule has 1 heterocycles. The molecule has 0 spiro atoms. The molecule has 1 saturated heterocycles. The van der Waals surface area contributed by atoms with Gasteiger partial charge in [-0.2, -0.15) is 0 Å². The van der Waals surface area contributed by atoms with Crippen molar-refractivity contribution in [2.45, 2.75) is 38.5 Å². The molecular weight excluding hydrogens is 340 g/mol. The van der Waals surface area contributed by atoms with E-state index in [1.165, 1.54) is 6.07 Å². The molecule has 1 aliphatic rings. The Balaban J connectivity index is 2.02. The van der Waals surface area contributed by atoms with Crippen molar-refractivity contribution >= 4 is 27.3 Å². The van der Waals surface area contributed by atoms with Gasteiger partial charge in [0.05, 0.1) is 10.6 Å². The van der Waals surface area contributed by atoms with Crippen LogP contribution in [0.5, 0.6) is 0 Å². The number of hydrogen-bond donors (Lipinski definition) is 1. The van der Waals surface area contributed by atoms with Crippen LogP contribution in [0, 0.1) is 11.3 Å². The van der Waals surface area contributed by atoms with E-state index in [1.54, 1.807) is 23.1 Å². The summed E-state index contributed by atoms with van der Waals surface area (Å²) in [6.07, 6.45) is 2.28. The van der Waals surface area contributed by atoms with Crippen LogP contribution in [0.15, 0.2) is 29.2 Å². The normalized spacial score (nSPS) is 16.6. The molecule has 1 fully saturated rings. The molecule has 1 aliphatic heterocycles. The number of benzene rings is 1. The van der Waals surface area contributed by atoms with Crippen LogP contribution in [-0.4, -0.2) is 44.5 Å². The molecule has 1 N–H and O–H groups in total.